The number of rotatable bonds is 7. The number of cyclic esters (lactones) is 1. The molecule has 11 N–H and O–H groups in total. The third-order valence-corrected chi connectivity index (χ3v) is 11.8. The fourth-order valence-corrected chi connectivity index (χ4v) is 8.41. The Labute approximate surface area is 320 Å². The molecule has 0 spiro atoms. The number of aliphatic hydroxyl groups excluding tert-OH is 3. The van der Waals surface area contributed by atoms with E-state index in [1.807, 2.05) is 25.9 Å². The van der Waals surface area contributed by atoms with Crippen LogP contribution in [0.2, 0.25) is 0 Å². The Balaban J connectivity index is 0.00000936. The first-order chi connectivity index (χ1) is 23.4. The lowest BCUT2D eigenvalue weighted by Gasteiger charge is -2.49. The zero-order chi connectivity index (χ0) is 39.0. The molecule has 18 atom stereocenters. The molecule has 3 aliphatic heterocycles. The van der Waals surface area contributed by atoms with Gasteiger partial charge in [-0.15, -0.1) is 0 Å². The standard InChI is InChI=1S/C37H67NO13.3H2O/c1-14-25-37(10,45)30(41)20(4)27(39)18(2)16-35(8,44)32(51-34-28(40)24(38(11)12)15-19(3)47-34)21(5)29(22(6)33(43)49-25)50-26-17-36(9,46-13)31(42)23(7)48-26;;;/h18-26,28-32,34,40-42,44-45H,14-17H2,1-13H3;3*1H2/t18-,19-,20+,21+,22-,23+,24+,25-,26+,28-,29+,30-,31+,32-,34+,35-,36-,37-;;;/m1.../s1. The van der Waals surface area contributed by atoms with E-state index < -0.39 is 108 Å². The summed E-state index contributed by atoms with van der Waals surface area (Å²) in [5.74, 6) is -4.98. The van der Waals surface area contributed by atoms with Crippen LogP contribution in [0.5, 0.6) is 0 Å². The van der Waals surface area contributed by atoms with E-state index in [1.54, 1.807) is 41.5 Å². The number of Topliss-reactive ketones (excluding diaryl/α,β-unsaturated/α-hetero) is 1. The first kappa shape index (κ1) is 52.6. The number of esters is 1. The van der Waals surface area contributed by atoms with Gasteiger partial charge in [0.15, 0.2) is 12.6 Å². The van der Waals surface area contributed by atoms with Crippen LogP contribution in [0.25, 0.3) is 0 Å². The average Bonchev–Trinajstić information content (AvgIpc) is 3.05. The summed E-state index contributed by atoms with van der Waals surface area (Å²) in [6.45, 7) is 16.3. The minimum atomic E-state index is -1.99. The lowest BCUT2D eigenvalue weighted by Crippen LogP contribution is -2.61. The van der Waals surface area contributed by atoms with Crippen molar-refractivity contribution in [3.63, 3.8) is 0 Å². The molecule has 0 saturated carbocycles. The van der Waals surface area contributed by atoms with Gasteiger partial charge in [-0.25, -0.2) is 0 Å². The minimum absolute atomic E-state index is 0. The maximum atomic E-state index is 14.1. The van der Waals surface area contributed by atoms with Gasteiger partial charge in [-0.05, 0) is 74.9 Å². The number of hydrogen-bond donors (Lipinski definition) is 5. The van der Waals surface area contributed by atoms with E-state index in [-0.39, 0.29) is 47.8 Å². The molecule has 17 heteroatoms. The van der Waals surface area contributed by atoms with E-state index in [4.69, 9.17) is 28.4 Å². The maximum absolute atomic E-state index is 14.1. The summed E-state index contributed by atoms with van der Waals surface area (Å²) in [6.07, 6.45) is -9.71. The third kappa shape index (κ3) is 11.2. The number of ketones is 1. The van der Waals surface area contributed by atoms with E-state index in [0.717, 1.165) is 0 Å². The second kappa shape index (κ2) is 20.3. The fraction of sp³-hybridized carbons (Fsp3) is 0.946. The number of carbonyl (C=O) groups excluding carboxylic acids is 2. The van der Waals surface area contributed by atoms with Crippen molar-refractivity contribution in [1.29, 1.82) is 0 Å². The van der Waals surface area contributed by atoms with Crippen LogP contribution in [0.3, 0.4) is 0 Å². The van der Waals surface area contributed by atoms with Gasteiger partial charge in [0, 0.05) is 37.3 Å². The predicted molar refractivity (Wildman–Crippen MR) is 197 cm³/mol. The Morgan fingerprint density at radius 3 is 1.94 bits per heavy atom. The molecule has 0 amide bonds. The van der Waals surface area contributed by atoms with Crippen molar-refractivity contribution >= 4 is 11.8 Å². The molecule has 17 nitrogen and oxygen atoms in total. The van der Waals surface area contributed by atoms with Gasteiger partial charge in [0.25, 0.3) is 0 Å². The van der Waals surface area contributed by atoms with Crippen LogP contribution >= 0.6 is 0 Å². The number of methoxy groups -OCH3 is 1. The maximum Gasteiger partial charge on any atom is 0.311 e. The van der Waals surface area contributed by atoms with Crippen molar-refractivity contribution in [2.75, 3.05) is 21.2 Å². The Morgan fingerprint density at radius 1 is 0.852 bits per heavy atom. The smallest absolute Gasteiger partial charge is 0.311 e. The van der Waals surface area contributed by atoms with Crippen LogP contribution < -0.4 is 0 Å². The normalized spacial score (nSPS) is 47.0. The molecule has 3 fully saturated rings. The monoisotopic (exact) mass is 787 g/mol. The summed E-state index contributed by atoms with van der Waals surface area (Å²) in [5.41, 5.74) is -4.84. The number of likely N-dealkylation sites (N-methyl/N-ethyl adjacent to an activating group) is 1. The highest BCUT2D eigenvalue weighted by atomic mass is 16.7. The van der Waals surface area contributed by atoms with Crippen molar-refractivity contribution in [3.8, 4) is 0 Å². The molecule has 0 aromatic carbocycles. The molecule has 3 rings (SSSR count). The molecule has 0 bridgehead atoms. The van der Waals surface area contributed by atoms with Crippen molar-refractivity contribution in [2.45, 2.75) is 179 Å². The first-order valence-electron chi connectivity index (χ1n) is 18.5. The van der Waals surface area contributed by atoms with Crippen LogP contribution in [-0.2, 0) is 38.0 Å². The van der Waals surface area contributed by atoms with Crippen LogP contribution in [-0.4, -0.2) is 164 Å². The van der Waals surface area contributed by atoms with E-state index in [9.17, 15) is 35.1 Å². The van der Waals surface area contributed by atoms with Crippen LogP contribution in [0.1, 0.15) is 94.9 Å². The molecule has 0 aromatic rings. The second-order valence-corrected chi connectivity index (χ2v) is 16.5. The highest BCUT2D eigenvalue weighted by Crippen LogP contribution is 2.40. The number of ether oxygens (including phenoxy) is 6. The second-order valence-electron chi connectivity index (χ2n) is 16.5. The van der Waals surface area contributed by atoms with Crippen molar-refractivity contribution in [2.24, 2.45) is 23.7 Å². The SMILES string of the molecule is CC[C@H]1OC(=O)[C@H](C)[C@@H](O[C@H]2C[C@@](C)(OC)[C@@H](O)[C@H](C)O2)[C@H](C)[C@@H](O[C@@H]2O[C@H](C)C[C@H](N(C)C)[C@H]2O)[C@](C)(O)C[C@@H](C)C(=O)[C@H](C)[C@@H](O)[C@]1(C)O.O.O.O. The molecule has 322 valence electrons. The van der Waals surface area contributed by atoms with E-state index in [0.29, 0.717) is 6.42 Å². The average molecular weight is 788 g/mol. The van der Waals surface area contributed by atoms with E-state index in [2.05, 4.69) is 0 Å². The van der Waals surface area contributed by atoms with Gasteiger partial charge in [0.1, 0.15) is 29.7 Å². The number of nitrogens with zero attached hydrogens (tertiary/aromatic N) is 1. The number of carbonyl (C=O) groups is 2. The van der Waals surface area contributed by atoms with E-state index in [1.165, 1.54) is 27.9 Å². The van der Waals surface area contributed by atoms with Crippen LogP contribution in [0.15, 0.2) is 0 Å². The van der Waals surface area contributed by atoms with Gasteiger partial charge in [0.05, 0.1) is 47.6 Å². The van der Waals surface area contributed by atoms with Gasteiger partial charge in [-0.1, -0.05) is 27.7 Å². The van der Waals surface area contributed by atoms with Gasteiger partial charge >= 0.3 is 5.97 Å². The first-order valence-corrected chi connectivity index (χ1v) is 18.5. The zero-order valence-electron chi connectivity index (χ0n) is 34.4. The quantitative estimate of drug-likeness (QED) is 0.200. The van der Waals surface area contributed by atoms with Gasteiger partial charge in [-0.3, -0.25) is 9.59 Å². The Morgan fingerprint density at radius 2 is 1.43 bits per heavy atom. The molecule has 3 saturated heterocycles. The van der Waals surface area contributed by atoms with Crippen molar-refractivity contribution in [3.05, 3.63) is 0 Å². The fourth-order valence-electron chi connectivity index (χ4n) is 8.41. The summed E-state index contributed by atoms with van der Waals surface area (Å²) in [7, 11) is 5.18. The Hall–Kier alpha value is -1.42. The molecule has 3 aliphatic rings. The third-order valence-electron chi connectivity index (χ3n) is 11.8. The molecule has 0 aliphatic carbocycles. The topological polar surface area (TPSA) is 288 Å². The van der Waals surface area contributed by atoms with Gasteiger partial charge < -0.3 is 75.3 Å². The largest absolute Gasteiger partial charge is 0.459 e. The molecular formula is C37H73NO16. The van der Waals surface area contributed by atoms with Crippen LogP contribution in [0, 0.1) is 23.7 Å². The van der Waals surface area contributed by atoms with Crippen molar-refractivity contribution in [1.82, 2.24) is 4.90 Å². The van der Waals surface area contributed by atoms with Crippen molar-refractivity contribution < 1.29 is 80.0 Å². The molecule has 54 heavy (non-hydrogen) atoms. The molecule has 3 heterocycles. The summed E-state index contributed by atoms with van der Waals surface area (Å²) in [6, 6.07) is -0.324. The Bertz CT molecular complexity index is 1170. The minimum Gasteiger partial charge on any atom is -0.459 e. The summed E-state index contributed by atoms with van der Waals surface area (Å²) in [4.78, 5) is 29.8. The molecule has 0 unspecified atom stereocenters. The molecule has 0 aromatic heterocycles. The van der Waals surface area contributed by atoms with Crippen LogP contribution in [0.4, 0.5) is 0 Å². The molecular weight excluding hydrogens is 714 g/mol. The zero-order valence-corrected chi connectivity index (χ0v) is 34.4. The number of aliphatic hydroxyl groups is 5. The highest BCUT2D eigenvalue weighted by Gasteiger charge is 2.53. The lowest BCUT2D eigenvalue weighted by molar-refractivity contribution is -0.318. The van der Waals surface area contributed by atoms with E-state index >= 15 is 0 Å². The summed E-state index contributed by atoms with van der Waals surface area (Å²) < 4.78 is 37.1. The van der Waals surface area contributed by atoms with Gasteiger partial charge in [-0.2, -0.15) is 0 Å². The Kier molecular flexibility index (Phi) is 19.8. The predicted octanol–water partition coefficient (Wildman–Crippen LogP) is -0.688. The lowest BCUT2D eigenvalue weighted by atomic mass is 9.74. The summed E-state index contributed by atoms with van der Waals surface area (Å²) in [5, 5.41) is 57.6. The molecule has 0 radical (unpaired) electrons. The summed E-state index contributed by atoms with van der Waals surface area (Å²) >= 11 is 0. The number of hydrogen-bond acceptors (Lipinski definition) is 14. The highest BCUT2D eigenvalue weighted by molar-refractivity contribution is 5.83. The van der Waals surface area contributed by atoms with Gasteiger partial charge in [0.2, 0.25) is 0 Å².